The van der Waals surface area contributed by atoms with Gasteiger partial charge in [0.1, 0.15) is 10.7 Å². The highest BCUT2D eigenvalue weighted by molar-refractivity contribution is 7.18. The van der Waals surface area contributed by atoms with E-state index < -0.39 is 0 Å². The summed E-state index contributed by atoms with van der Waals surface area (Å²) >= 11 is 3.32. The Labute approximate surface area is 177 Å². The van der Waals surface area contributed by atoms with E-state index in [2.05, 4.69) is 54.4 Å². The smallest absolute Gasteiger partial charge is 0.273 e. The molecule has 0 spiro atoms. The second-order valence-corrected chi connectivity index (χ2v) is 9.41. The van der Waals surface area contributed by atoms with Crippen molar-refractivity contribution in [3.05, 3.63) is 70.2 Å². The molecule has 0 atom stereocenters. The number of piperidine rings is 1. The number of carbonyl (C=O) groups excluding carboxylic acids is 1. The first-order chi connectivity index (χ1) is 14.2. The predicted molar refractivity (Wildman–Crippen MR) is 120 cm³/mol. The number of aromatic nitrogens is 2. The minimum absolute atomic E-state index is 0.0439. The molecule has 4 nitrogen and oxygen atoms in total. The molecule has 1 aliphatic heterocycles. The Morgan fingerprint density at radius 3 is 2.55 bits per heavy atom. The Balaban J connectivity index is 1.26. The van der Waals surface area contributed by atoms with Crippen LogP contribution >= 0.6 is 22.7 Å². The molecule has 0 saturated carbocycles. The van der Waals surface area contributed by atoms with Gasteiger partial charge in [0.25, 0.3) is 5.91 Å². The van der Waals surface area contributed by atoms with Crippen LogP contribution in [-0.4, -0.2) is 33.9 Å². The summed E-state index contributed by atoms with van der Waals surface area (Å²) in [6, 6.07) is 16.6. The lowest BCUT2D eigenvalue weighted by atomic mass is 9.97. The van der Waals surface area contributed by atoms with Gasteiger partial charge in [-0.05, 0) is 31.9 Å². The molecule has 5 rings (SSSR count). The Morgan fingerprint density at radius 1 is 1.03 bits per heavy atom. The lowest BCUT2D eigenvalue weighted by molar-refractivity contribution is 0.0708. The normalized spacial score (nSPS) is 15.1. The van der Waals surface area contributed by atoms with Crippen LogP contribution in [0.2, 0.25) is 0 Å². The Hall–Kier alpha value is -2.57. The van der Waals surface area contributed by atoms with Crippen LogP contribution in [0.3, 0.4) is 0 Å². The molecule has 0 unspecified atom stereocenters. The van der Waals surface area contributed by atoms with Gasteiger partial charge in [-0.2, -0.15) is 0 Å². The number of amides is 1. The van der Waals surface area contributed by atoms with E-state index in [4.69, 9.17) is 4.98 Å². The van der Waals surface area contributed by atoms with E-state index in [1.165, 1.54) is 26.6 Å². The van der Waals surface area contributed by atoms with Crippen molar-refractivity contribution in [3.8, 4) is 10.6 Å². The molecule has 0 N–H and O–H groups in total. The fraction of sp³-hybridized carbons (Fsp3) is 0.261. The zero-order valence-corrected chi connectivity index (χ0v) is 17.8. The largest absolute Gasteiger partial charge is 0.337 e. The fourth-order valence-electron chi connectivity index (χ4n) is 3.76. The summed E-state index contributed by atoms with van der Waals surface area (Å²) in [5.41, 5.74) is 3.92. The van der Waals surface area contributed by atoms with Crippen LogP contribution in [0, 0.1) is 6.92 Å². The van der Waals surface area contributed by atoms with Crippen molar-refractivity contribution in [2.75, 3.05) is 13.1 Å². The summed E-state index contributed by atoms with van der Waals surface area (Å²) in [6.07, 6.45) is 1.92. The highest BCUT2D eigenvalue weighted by atomic mass is 32.1. The molecule has 0 radical (unpaired) electrons. The van der Waals surface area contributed by atoms with E-state index in [1.807, 2.05) is 16.3 Å². The molecule has 1 aliphatic rings. The number of thiazole rings is 2. The average Bonchev–Trinajstić information content (AvgIpc) is 3.41. The number of hydrogen-bond donors (Lipinski definition) is 0. The van der Waals surface area contributed by atoms with Gasteiger partial charge in [0.05, 0.1) is 15.2 Å². The van der Waals surface area contributed by atoms with Crippen molar-refractivity contribution in [1.82, 2.24) is 14.9 Å². The quantitative estimate of drug-likeness (QED) is 0.425. The number of rotatable bonds is 3. The van der Waals surface area contributed by atoms with Crippen molar-refractivity contribution in [1.29, 1.82) is 0 Å². The molecule has 1 amide bonds. The molecular weight excluding hydrogens is 398 g/mol. The van der Waals surface area contributed by atoms with Gasteiger partial charge in [0.2, 0.25) is 0 Å². The molecule has 29 heavy (non-hydrogen) atoms. The molecule has 0 aliphatic carbocycles. The molecule has 1 saturated heterocycles. The summed E-state index contributed by atoms with van der Waals surface area (Å²) < 4.78 is 1.24. The molecular formula is C23H21N3OS2. The van der Waals surface area contributed by atoms with Crippen molar-refractivity contribution < 1.29 is 4.79 Å². The predicted octanol–water partition coefficient (Wildman–Crippen LogP) is 5.75. The minimum Gasteiger partial charge on any atom is -0.337 e. The number of benzene rings is 2. The van der Waals surface area contributed by atoms with Crippen LogP contribution in [0.1, 0.15) is 39.8 Å². The van der Waals surface area contributed by atoms with Crippen LogP contribution in [0.15, 0.2) is 53.9 Å². The van der Waals surface area contributed by atoms with Gasteiger partial charge in [-0.15, -0.1) is 22.7 Å². The SMILES string of the molecule is Cc1ccc(-c2nc(C(=O)N3CCC(c4nc5ccccc5s4)CC3)cs2)cc1. The fourth-order valence-corrected chi connectivity index (χ4v) is 5.69. The van der Waals surface area contributed by atoms with Gasteiger partial charge in [0, 0.05) is 30.0 Å². The second-order valence-electron chi connectivity index (χ2n) is 7.49. The molecule has 2 aromatic carbocycles. The van der Waals surface area contributed by atoms with Gasteiger partial charge < -0.3 is 4.90 Å². The van der Waals surface area contributed by atoms with Crippen LogP contribution in [0.4, 0.5) is 0 Å². The van der Waals surface area contributed by atoms with Gasteiger partial charge in [0.15, 0.2) is 0 Å². The van der Waals surface area contributed by atoms with Gasteiger partial charge >= 0.3 is 0 Å². The van der Waals surface area contributed by atoms with Crippen LogP contribution < -0.4 is 0 Å². The standard InChI is InChI=1S/C23H21N3OS2/c1-15-6-8-16(9-7-15)21-25-19(14-28-21)23(27)26-12-10-17(11-13-26)22-24-18-4-2-3-5-20(18)29-22/h2-9,14,17H,10-13H2,1H3. The first kappa shape index (κ1) is 18.5. The van der Waals surface area contributed by atoms with Crippen molar-refractivity contribution in [3.63, 3.8) is 0 Å². The van der Waals surface area contributed by atoms with E-state index in [-0.39, 0.29) is 5.91 Å². The lowest BCUT2D eigenvalue weighted by Crippen LogP contribution is -2.38. The third-order valence-electron chi connectivity index (χ3n) is 5.46. The number of para-hydroxylation sites is 1. The number of hydrogen-bond acceptors (Lipinski definition) is 5. The molecule has 0 bridgehead atoms. The van der Waals surface area contributed by atoms with Gasteiger partial charge in [-0.3, -0.25) is 4.79 Å². The zero-order valence-electron chi connectivity index (χ0n) is 16.2. The molecule has 3 heterocycles. The minimum atomic E-state index is 0.0439. The molecule has 4 aromatic rings. The number of likely N-dealkylation sites (tertiary alicyclic amines) is 1. The third kappa shape index (κ3) is 3.70. The van der Waals surface area contributed by atoms with Crippen molar-refractivity contribution in [2.45, 2.75) is 25.7 Å². The monoisotopic (exact) mass is 419 g/mol. The average molecular weight is 420 g/mol. The summed E-state index contributed by atoms with van der Waals surface area (Å²) in [5.74, 6) is 0.484. The van der Waals surface area contributed by atoms with Crippen molar-refractivity contribution in [2.24, 2.45) is 0 Å². The summed E-state index contributed by atoms with van der Waals surface area (Å²) in [6.45, 7) is 3.59. The first-order valence-corrected chi connectivity index (χ1v) is 11.5. The zero-order chi connectivity index (χ0) is 19.8. The van der Waals surface area contributed by atoms with Crippen LogP contribution in [0.5, 0.6) is 0 Å². The maximum atomic E-state index is 12.9. The highest BCUT2D eigenvalue weighted by Crippen LogP contribution is 2.34. The topological polar surface area (TPSA) is 46.1 Å². The van der Waals surface area contributed by atoms with Crippen molar-refractivity contribution >= 4 is 38.8 Å². The molecule has 6 heteroatoms. The second kappa shape index (κ2) is 7.69. The van der Waals surface area contributed by atoms with E-state index in [0.29, 0.717) is 11.6 Å². The lowest BCUT2D eigenvalue weighted by Gasteiger charge is -2.30. The van der Waals surface area contributed by atoms with E-state index in [9.17, 15) is 4.79 Å². The Morgan fingerprint density at radius 2 is 1.79 bits per heavy atom. The summed E-state index contributed by atoms with van der Waals surface area (Å²) in [7, 11) is 0. The van der Waals surface area contributed by atoms with E-state index >= 15 is 0 Å². The maximum Gasteiger partial charge on any atom is 0.273 e. The third-order valence-corrected chi connectivity index (χ3v) is 7.55. The molecule has 1 fully saturated rings. The van der Waals surface area contributed by atoms with Crippen LogP contribution in [-0.2, 0) is 0 Å². The number of nitrogens with zero attached hydrogens (tertiary/aromatic N) is 3. The first-order valence-electron chi connectivity index (χ1n) is 9.85. The molecule has 2 aromatic heterocycles. The highest BCUT2D eigenvalue weighted by Gasteiger charge is 2.27. The number of fused-ring (bicyclic) bond motifs is 1. The summed E-state index contributed by atoms with van der Waals surface area (Å²) in [4.78, 5) is 24.3. The van der Waals surface area contributed by atoms with Gasteiger partial charge in [-0.25, -0.2) is 9.97 Å². The molecule has 146 valence electrons. The van der Waals surface area contributed by atoms with Crippen LogP contribution in [0.25, 0.3) is 20.8 Å². The van der Waals surface area contributed by atoms with E-state index in [0.717, 1.165) is 42.0 Å². The maximum absolute atomic E-state index is 12.9. The number of carbonyl (C=O) groups is 1. The Bertz CT molecular complexity index is 1120. The Kier molecular flexibility index (Phi) is 4.89. The van der Waals surface area contributed by atoms with E-state index in [1.54, 1.807) is 11.3 Å². The van der Waals surface area contributed by atoms with Gasteiger partial charge in [-0.1, -0.05) is 42.0 Å². The number of aryl methyl sites for hydroxylation is 1. The summed E-state index contributed by atoms with van der Waals surface area (Å²) in [5, 5.41) is 3.99.